The first kappa shape index (κ1) is 14.1. The molecule has 0 bridgehead atoms. The van der Waals surface area contributed by atoms with Crippen LogP contribution in [0.2, 0.25) is 0 Å². The van der Waals surface area contributed by atoms with Crippen molar-refractivity contribution in [1.82, 2.24) is 15.1 Å². The van der Waals surface area contributed by atoms with Crippen LogP contribution in [0.1, 0.15) is 19.3 Å². The largest absolute Gasteiger partial charge is 0.354 e. The number of rotatable bonds is 5. The number of hydrogen-bond acceptors (Lipinski definition) is 3. The average molecular weight is 301 g/mol. The van der Waals surface area contributed by atoms with Crippen molar-refractivity contribution in [3.63, 3.8) is 0 Å². The minimum absolute atomic E-state index is 0.148. The van der Waals surface area contributed by atoms with Gasteiger partial charge in [-0.3, -0.25) is 9.48 Å². The summed E-state index contributed by atoms with van der Waals surface area (Å²) in [5.41, 5.74) is 0.994. The summed E-state index contributed by atoms with van der Waals surface area (Å²) in [7, 11) is 0. The predicted octanol–water partition coefficient (Wildman–Crippen LogP) is 3.08. The van der Waals surface area contributed by atoms with Gasteiger partial charge in [0.1, 0.15) is 5.69 Å². The molecule has 5 heteroatoms. The lowest BCUT2D eigenvalue weighted by atomic mass is 9.94. The van der Waals surface area contributed by atoms with E-state index >= 15 is 0 Å². The number of hydrogen-bond donors (Lipinski definition) is 1. The Bertz CT molecular complexity index is 615. The molecular weight excluding hydrogens is 282 g/mol. The number of amides is 1. The molecule has 0 radical (unpaired) electrons. The fourth-order valence-corrected chi connectivity index (χ4v) is 3.20. The number of nitrogens with zero attached hydrogens (tertiary/aromatic N) is 2. The maximum absolute atomic E-state index is 12.0. The van der Waals surface area contributed by atoms with E-state index in [1.807, 2.05) is 28.4 Å². The fourth-order valence-electron chi connectivity index (χ4n) is 2.51. The van der Waals surface area contributed by atoms with Gasteiger partial charge in [-0.25, -0.2) is 0 Å². The highest BCUT2D eigenvalue weighted by Gasteiger charge is 2.17. The number of aromatic nitrogens is 2. The zero-order valence-electron chi connectivity index (χ0n) is 11.9. The van der Waals surface area contributed by atoms with Crippen LogP contribution in [0.3, 0.4) is 0 Å². The van der Waals surface area contributed by atoms with E-state index in [-0.39, 0.29) is 11.8 Å². The van der Waals surface area contributed by atoms with E-state index in [0.717, 1.165) is 25.0 Å². The van der Waals surface area contributed by atoms with Crippen molar-refractivity contribution in [2.75, 3.05) is 6.54 Å². The Morgan fingerprint density at radius 3 is 3.14 bits per heavy atom. The topological polar surface area (TPSA) is 46.9 Å². The molecule has 2 aromatic heterocycles. The second-order valence-electron chi connectivity index (χ2n) is 5.21. The van der Waals surface area contributed by atoms with Gasteiger partial charge in [-0.2, -0.15) is 5.10 Å². The smallest absolute Gasteiger partial charge is 0.223 e. The summed E-state index contributed by atoms with van der Waals surface area (Å²) in [5, 5.41) is 9.59. The Kier molecular flexibility index (Phi) is 4.50. The summed E-state index contributed by atoms with van der Waals surface area (Å²) in [6, 6.07) is 6.10. The Balaban J connectivity index is 1.47. The van der Waals surface area contributed by atoms with E-state index in [9.17, 15) is 4.79 Å². The van der Waals surface area contributed by atoms with Crippen LogP contribution in [0, 0.1) is 5.92 Å². The third kappa shape index (κ3) is 3.61. The normalized spacial score (nSPS) is 17.8. The van der Waals surface area contributed by atoms with E-state index in [4.69, 9.17) is 0 Å². The zero-order chi connectivity index (χ0) is 14.5. The molecule has 2 heterocycles. The van der Waals surface area contributed by atoms with Gasteiger partial charge in [-0.1, -0.05) is 18.2 Å². The average Bonchev–Trinajstić information content (AvgIpc) is 3.19. The molecular formula is C16H19N3OS. The van der Waals surface area contributed by atoms with Crippen molar-refractivity contribution in [2.45, 2.75) is 25.8 Å². The molecule has 4 nitrogen and oxygen atoms in total. The second kappa shape index (κ2) is 6.72. The first-order valence-electron chi connectivity index (χ1n) is 7.33. The van der Waals surface area contributed by atoms with Gasteiger partial charge in [0.15, 0.2) is 0 Å². The summed E-state index contributed by atoms with van der Waals surface area (Å²) >= 11 is 1.68. The SMILES string of the molecule is O=C(NCCn1ccc(-c2cccs2)n1)C1CC=CCC1. The van der Waals surface area contributed by atoms with E-state index < -0.39 is 0 Å². The lowest BCUT2D eigenvalue weighted by Gasteiger charge is -2.17. The molecule has 21 heavy (non-hydrogen) atoms. The summed E-state index contributed by atoms with van der Waals surface area (Å²) in [6.45, 7) is 1.34. The van der Waals surface area contributed by atoms with Crippen molar-refractivity contribution in [2.24, 2.45) is 5.92 Å². The van der Waals surface area contributed by atoms with Crippen molar-refractivity contribution < 1.29 is 4.79 Å². The first-order chi connectivity index (χ1) is 10.3. The van der Waals surface area contributed by atoms with Gasteiger partial charge in [0, 0.05) is 18.7 Å². The van der Waals surface area contributed by atoms with Gasteiger partial charge in [-0.15, -0.1) is 11.3 Å². The maximum atomic E-state index is 12.0. The van der Waals surface area contributed by atoms with Crippen LogP contribution in [0.5, 0.6) is 0 Å². The molecule has 1 aliphatic carbocycles. The van der Waals surface area contributed by atoms with Crippen LogP contribution in [0.4, 0.5) is 0 Å². The molecule has 0 saturated carbocycles. The van der Waals surface area contributed by atoms with Gasteiger partial charge in [0.2, 0.25) is 5.91 Å². The van der Waals surface area contributed by atoms with Gasteiger partial charge in [0.25, 0.3) is 0 Å². The summed E-state index contributed by atoms with van der Waals surface area (Å²) < 4.78 is 1.89. The predicted molar refractivity (Wildman–Crippen MR) is 85.0 cm³/mol. The number of allylic oxidation sites excluding steroid dienone is 2. The van der Waals surface area contributed by atoms with Crippen molar-refractivity contribution in [3.05, 3.63) is 41.9 Å². The molecule has 1 N–H and O–H groups in total. The Labute approximate surface area is 128 Å². The molecule has 1 aliphatic rings. The van der Waals surface area contributed by atoms with Crippen LogP contribution < -0.4 is 5.32 Å². The van der Waals surface area contributed by atoms with Crippen molar-refractivity contribution in [3.8, 4) is 10.6 Å². The van der Waals surface area contributed by atoms with E-state index in [2.05, 4.69) is 28.6 Å². The molecule has 0 aliphatic heterocycles. The Morgan fingerprint density at radius 2 is 2.38 bits per heavy atom. The third-order valence-electron chi connectivity index (χ3n) is 3.69. The first-order valence-corrected chi connectivity index (χ1v) is 8.21. The number of thiophene rings is 1. The van der Waals surface area contributed by atoms with Crippen LogP contribution in [0.15, 0.2) is 41.9 Å². The highest BCUT2D eigenvalue weighted by atomic mass is 32.1. The Hall–Kier alpha value is -1.88. The van der Waals surface area contributed by atoms with Crippen LogP contribution in [-0.2, 0) is 11.3 Å². The van der Waals surface area contributed by atoms with Crippen LogP contribution >= 0.6 is 11.3 Å². The quantitative estimate of drug-likeness (QED) is 0.863. The highest BCUT2D eigenvalue weighted by molar-refractivity contribution is 7.13. The lowest BCUT2D eigenvalue weighted by Crippen LogP contribution is -2.33. The fraction of sp³-hybridized carbons (Fsp3) is 0.375. The molecule has 0 saturated heterocycles. The van der Waals surface area contributed by atoms with Gasteiger partial charge in [0.05, 0.1) is 11.4 Å². The Morgan fingerprint density at radius 1 is 1.43 bits per heavy atom. The monoisotopic (exact) mass is 301 g/mol. The number of carbonyl (C=O) groups excluding carboxylic acids is 1. The van der Waals surface area contributed by atoms with E-state index in [0.29, 0.717) is 13.1 Å². The summed E-state index contributed by atoms with van der Waals surface area (Å²) in [6.07, 6.45) is 9.07. The van der Waals surface area contributed by atoms with Gasteiger partial charge < -0.3 is 5.32 Å². The highest BCUT2D eigenvalue weighted by Crippen LogP contribution is 2.22. The maximum Gasteiger partial charge on any atom is 0.223 e. The van der Waals surface area contributed by atoms with E-state index in [1.165, 1.54) is 4.88 Å². The molecule has 1 atom stereocenters. The number of nitrogens with one attached hydrogen (secondary N) is 1. The van der Waals surface area contributed by atoms with Gasteiger partial charge >= 0.3 is 0 Å². The second-order valence-corrected chi connectivity index (χ2v) is 6.16. The standard InChI is InChI=1S/C16H19N3OS/c20-16(13-5-2-1-3-6-13)17-9-11-19-10-8-14(18-19)15-7-4-12-21-15/h1-2,4,7-8,10,12-13H,3,5-6,9,11H2,(H,17,20). The summed E-state index contributed by atoms with van der Waals surface area (Å²) in [5.74, 6) is 0.319. The molecule has 0 aromatic carbocycles. The van der Waals surface area contributed by atoms with Crippen LogP contribution in [0.25, 0.3) is 10.6 Å². The zero-order valence-corrected chi connectivity index (χ0v) is 12.7. The minimum Gasteiger partial charge on any atom is -0.354 e. The molecule has 110 valence electrons. The van der Waals surface area contributed by atoms with Crippen LogP contribution in [-0.4, -0.2) is 22.2 Å². The minimum atomic E-state index is 0.148. The third-order valence-corrected chi connectivity index (χ3v) is 4.59. The molecule has 0 fully saturated rings. The molecule has 1 amide bonds. The number of carbonyl (C=O) groups is 1. The van der Waals surface area contributed by atoms with Crippen molar-refractivity contribution in [1.29, 1.82) is 0 Å². The molecule has 2 aromatic rings. The molecule has 3 rings (SSSR count). The van der Waals surface area contributed by atoms with Gasteiger partial charge in [-0.05, 0) is 36.8 Å². The lowest BCUT2D eigenvalue weighted by molar-refractivity contribution is -0.125. The summed E-state index contributed by atoms with van der Waals surface area (Å²) in [4.78, 5) is 13.2. The molecule has 0 spiro atoms. The molecule has 1 unspecified atom stereocenters. The van der Waals surface area contributed by atoms with Crippen molar-refractivity contribution >= 4 is 17.2 Å². The van der Waals surface area contributed by atoms with E-state index in [1.54, 1.807) is 11.3 Å².